The summed E-state index contributed by atoms with van der Waals surface area (Å²) < 4.78 is 29.9. The summed E-state index contributed by atoms with van der Waals surface area (Å²) >= 11 is 3.77. The first-order valence-corrected chi connectivity index (χ1v) is 12.6. The van der Waals surface area contributed by atoms with E-state index in [-0.39, 0.29) is 32.1 Å². The first-order valence-electron chi connectivity index (χ1n) is 11.1. The standard InChI is InChI=1S/C22H26BClN4O6S/c1-25-22(29)20-19-10-18(14-2-3-14)16(11-27(35(32)33)8-9-34-13-23(30)31)12-28(19)26-21(20)15-4-6-17(24)7-5-15/h4-7,10,12,14,30-31H,2-3,8-9,11,13H2,1H3,(H,25,29)(H,32,33). The number of rotatable bonds is 11. The molecule has 4 rings (SSSR count). The maximum atomic E-state index is 12.9. The molecule has 186 valence electrons. The van der Waals surface area contributed by atoms with E-state index in [1.807, 2.05) is 6.07 Å². The summed E-state index contributed by atoms with van der Waals surface area (Å²) in [4.78, 5) is 12.9. The van der Waals surface area contributed by atoms with Gasteiger partial charge in [-0.05, 0) is 48.1 Å². The maximum Gasteiger partial charge on any atom is 0.479 e. The van der Waals surface area contributed by atoms with E-state index in [0.717, 1.165) is 29.5 Å². The second kappa shape index (κ2) is 11.2. The molecule has 1 atom stereocenters. The lowest BCUT2D eigenvalue weighted by Crippen LogP contribution is -2.31. The van der Waals surface area contributed by atoms with Gasteiger partial charge in [0.2, 0.25) is 11.3 Å². The molecule has 0 bridgehead atoms. The fourth-order valence-corrected chi connectivity index (χ4v) is 4.58. The molecule has 1 fully saturated rings. The van der Waals surface area contributed by atoms with Crippen LogP contribution in [0.4, 0.5) is 0 Å². The molecule has 0 saturated heterocycles. The highest BCUT2D eigenvalue weighted by Crippen LogP contribution is 2.43. The number of fused-ring (bicyclic) bond motifs is 1. The van der Waals surface area contributed by atoms with Gasteiger partial charge >= 0.3 is 7.12 Å². The van der Waals surface area contributed by atoms with Crippen LogP contribution in [0.25, 0.3) is 16.8 Å². The van der Waals surface area contributed by atoms with E-state index >= 15 is 0 Å². The Hall–Kier alpha value is -2.32. The fourth-order valence-electron chi connectivity index (χ4n) is 3.97. The smallest absolute Gasteiger partial charge is 0.426 e. The monoisotopic (exact) mass is 520 g/mol. The molecule has 2 aromatic heterocycles. The van der Waals surface area contributed by atoms with E-state index < -0.39 is 18.4 Å². The lowest BCUT2D eigenvalue weighted by atomic mass is 9.95. The van der Waals surface area contributed by atoms with Crippen LogP contribution in [0.3, 0.4) is 0 Å². The maximum absolute atomic E-state index is 12.9. The number of carbonyl (C=O) groups excluding carboxylic acids is 1. The molecule has 13 heteroatoms. The Kier molecular flexibility index (Phi) is 8.22. The quantitative estimate of drug-likeness (QED) is 0.172. The van der Waals surface area contributed by atoms with Gasteiger partial charge in [-0.15, -0.1) is 0 Å². The molecule has 1 aromatic carbocycles. The van der Waals surface area contributed by atoms with Crippen molar-refractivity contribution in [1.29, 1.82) is 0 Å². The molecule has 0 radical (unpaired) electrons. The van der Waals surface area contributed by atoms with Crippen molar-refractivity contribution in [2.75, 3.05) is 26.7 Å². The van der Waals surface area contributed by atoms with Crippen LogP contribution in [-0.2, 0) is 22.5 Å². The van der Waals surface area contributed by atoms with E-state index in [2.05, 4.69) is 10.4 Å². The van der Waals surface area contributed by atoms with E-state index in [0.29, 0.717) is 27.7 Å². The molecule has 10 nitrogen and oxygen atoms in total. The van der Waals surface area contributed by atoms with Gasteiger partial charge in [-0.2, -0.15) is 9.40 Å². The van der Waals surface area contributed by atoms with Gasteiger partial charge in [0.25, 0.3) is 5.91 Å². The SMILES string of the molecule is CNC(=O)c1c(-c2ccc(Cl)cc2)nn2cc(CN(CCOCB(O)O)S(=O)O)c(C3CC3)cc12. The van der Waals surface area contributed by atoms with Gasteiger partial charge in [-0.1, -0.05) is 23.7 Å². The van der Waals surface area contributed by atoms with Crippen molar-refractivity contribution < 1.29 is 28.3 Å². The number of ether oxygens (including phenoxy) is 1. The van der Waals surface area contributed by atoms with Crippen LogP contribution in [0.15, 0.2) is 36.5 Å². The minimum Gasteiger partial charge on any atom is -0.426 e. The minimum atomic E-state index is -2.27. The van der Waals surface area contributed by atoms with Crippen LogP contribution in [0.2, 0.25) is 5.02 Å². The summed E-state index contributed by atoms with van der Waals surface area (Å²) in [5, 5.41) is 25.8. The number of nitrogens with zero attached hydrogens (tertiary/aromatic N) is 3. The van der Waals surface area contributed by atoms with Gasteiger partial charge < -0.3 is 20.1 Å². The lowest BCUT2D eigenvalue weighted by Gasteiger charge is -2.20. The van der Waals surface area contributed by atoms with Crippen molar-refractivity contribution in [3.8, 4) is 11.3 Å². The number of halogens is 1. The second-order valence-corrected chi connectivity index (χ2v) is 9.73. The Morgan fingerprint density at radius 1 is 1.34 bits per heavy atom. The van der Waals surface area contributed by atoms with Crippen LogP contribution < -0.4 is 5.32 Å². The molecule has 3 aromatic rings. The second-order valence-electron chi connectivity index (χ2n) is 8.32. The van der Waals surface area contributed by atoms with Crippen molar-refractivity contribution in [3.63, 3.8) is 0 Å². The summed E-state index contributed by atoms with van der Waals surface area (Å²) in [6, 6.07) is 9.03. The van der Waals surface area contributed by atoms with Gasteiger partial charge in [0, 0.05) is 36.9 Å². The number of amides is 1. The predicted molar refractivity (Wildman–Crippen MR) is 133 cm³/mol. The molecule has 1 aliphatic carbocycles. The topological polar surface area (TPSA) is 137 Å². The van der Waals surface area contributed by atoms with Crippen molar-refractivity contribution in [1.82, 2.24) is 19.2 Å². The third-order valence-electron chi connectivity index (χ3n) is 5.80. The van der Waals surface area contributed by atoms with Crippen LogP contribution in [-0.4, -0.2) is 72.5 Å². The number of aromatic nitrogens is 2. The van der Waals surface area contributed by atoms with Gasteiger partial charge in [0.1, 0.15) is 5.69 Å². The van der Waals surface area contributed by atoms with Crippen LogP contribution in [0, 0.1) is 0 Å². The van der Waals surface area contributed by atoms with Crippen LogP contribution in [0.5, 0.6) is 0 Å². The fraction of sp³-hybridized carbons (Fsp3) is 0.364. The van der Waals surface area contributed by atoms with Gasteiger partial charge in [-0.3, -0.25) is 9.35 Å². The number of benzene rings is 1. The van der Waals surface area contributed by atoms with Gasteiger partial charge in [0.05, 0.1) is 24.2 Å². The molecular weight excluding hydrogens is 495 g/mol. The molecule has 1 saturated carbocycles. The number of carbonyl (C=O) groups is 1. The predicted octanol–water partition coefficient (Wildman–Crippen LogP) is 1.86. The Bertz CT molecular complexity index is 1230. The van der Waals surface area contributed by atoms with E-state index in [1.54, 1.807) is 42.0 Å². The Labute approximate surface area is 210 Å². The van der Waals surface area contributed by atoms with Crippen LogP contribution in [0.1, 0.15) is 40.2 Å². The molecule has 2 heterocycles. The normalized spacial score (nSPS) is 14.5. The highest BCUT2D eigenvalue weighted by molar-refractivity contribution is 7.76. The molecule has 1 aliphatic rings. The lowest BCUT2D eigenvalue weighted by molar-refractivity contribution is 0.0965. The molecular formula is C22H26BClN4O6S. The summed E-state index contributed by atoms with van der Waals surface area (Å²) in [6.45, 7) is 0.0282. The van der Waals surface area contributed by atoms with E-state index in [9.17, 15) is 13.6 Å². The average Bonchev–Trinajstić information content (AvgIpc) is 3.60. The van der Waals surface area contributed by atoms with Crippen molar-refractivity contribution >= 4 is 41.4 Å². The Morgan fingerprint density at radius 3 is 2.66 bits per heavy atom. The van der Waals surface area contributed by atoms with Crippen LogP contribution >= 0.6 is 11.6 Å². The summed E-state index contributed by atoms with van der Waals surface area (Å²) in [6.07, 6.45) is 3.79. The van der Waals surface area contributed by atoms with Gasteiger partial charge in [0.15, 0.2) is 0 Å². The molecule has 0 spiro atoms. The molecule has 1 amide bonds. The van der Waals surface area contributed by atoms with Crippen molar-refractivity contribution in [2.24, 2.45) is 0 Å². The van der Waals surface area contributed by atoms with Crippen molar-refractivity contribution in [3.05, 3.63) is 58.2 Å². The molecule has 4 N–H and O–H groups in total. The third kappa shape index (κ3) is 6.09. The van der Waals surface area contributed by atoms with Crippen molar-refractivity contribution in [2.45, 2.75) is 25.3 Å². The minimum absolute atomic E-state index is 0.0498. The Morgan fingerprint density at radius 2 is 2.06 bits per heavy atom. The van der Waals surface area contributed by atoms with E-state index in [4.69, 9.17) is 26.4 Å². The number of hydrogen-bond donors (Lipinski definition) is 4. The number of nitrogens with one attached hydrogen (secondary N) is 1. The first kappa shape index (κ1) is 25.8. The number of hydrogen-bond acceptors (Lipinski definition) is 6. The third-order valence-corrected chi connectivity index (χ3v) is 6.80. The summed E-state index contributed by atoms with van der Waals surface area (Å²) in [5.74, 6) is 0.0388. The summed E-state index contributed by atoms with van der Waals surface area (Å²) in [5.41, 5.74) is 4.18. The summed E-state index contributed by atoms with van der Waals surface area (Å²) in [7, 11) is -0.0314. The molecule has 35 heavy (non-hydrogen) atoms. The molecule has 1 unspecified atom stereocenters. The highest BCUT2D eigenvalue weighted by Gasteiger charge is 2.30. The first-order chi connectivity index (χ1) is 16.8. The molecule has 0 aliphatic heterocycles. The zero-order valence-electron chi connectivity index (χ0n) is 19.1. The average molecular weight is 521 g/mol. The van der Waals surface area contributed by atoms with Gasteiger partial charge in [-0.25, -0.2) is 8.72 Å². The zero-order valence-corrected chi connectivity index (χ0v) is 20.6. The highest BCUT2D eigenvalue weighted by atomic mass is 35.5. The van der Waals surface area contributed by atoms with E-state index in [1.165, 1.54) is 4.31 Å². The Balaban J connectivity index is 1.73. The zero-order chi connectivity index (χ0) is 25.1. The largest absolute Gasteiger partial charge is 0.479 e. The number of pyridine rings is 1.